The van der Waals surface area contributed by atoms with Gasteiger partial charge in [0.2, 0.25) is 5.91 Å². The monoisotopic (exact) mass is 462 g/mol. The summed E-state index contributed by atoms with van der Waals surface area (Å²) in [6, 6.07) is 23.4. The van der Waals surface area contributed by atoms with Crippen LogP contribution in [0.25, 0.3) is 0 Å². The fraction of sp³-hybridized carbons (Fsp3) is 0.222. The van der Waals surface area contributed by atoms with Crippen molar-refractivity contribution in [1.82, 2.24) is 0 Å². The van der Waals surface area contributed by atoms with Crippen molar-refractivity contribution in [2.45, 2.75) is 25.0 Å². The molecule has 5 N–H and O–H groups in total. The molecule has 1 amide bonds. The minimum absolute atomic E-state index is 0.0939. The molecule has 0 radical (unpaired) electrons. The summed E-state index contributed by atoms with van der Waals surface area (Å²) in [5, 5.41) is 22.8. The first-order valence-corrected chi connectivity index (χ1v) is 11.1. The first-order valence-electron chi connectivity index (χ1n) is 11.1. The second kappa shape index (κ2) is 13.0. The molecule has 0 unspecified atom stereocenters. The topological polar surface area (TPSA) is 114 Å². The number of nitrogen functional groups attached to an aromatic ring is 1. The van der Waals surface area contributed by atoms with Crippen LogP contribution in [0, 0.1) is 0 Å². The summed E-state index contributed by atoms with van der Waals surface area (Å²) in [6.45, 7) is 0.0777. The number of aliphatic hydroxyl groups excluding tert-OH is 2. The molecule has 0 fully saturated rings. The Morgan fingerprint density at radius 1 is 1.00 bits per heavy atom. The Balaban J connectivity index is 1.65. The molecule has 0 aliphatic rings. The van der Waals surface area contributed by atoms with E-state index in [2.05, 4.69) is 5.32 Å². The Hall–Kier alpha value is -3.81. The summed E-state index contributed by atoms with van der Waals surface area (Å²) in [7, 11) is 0. The second-order valence-corrected chi connectivity index (χ2v) is 7.61. The van der Waals surface area contributed by atoms with E-state index in [1.165, 1.54) is 6.08 Å². The first kappa shape index (κ1) is 24.8. The predicted octanol–water partition coefficient (Wildman–Crippen LogP) is 4.10. The Kier molecular flexibility index (Phi) is 9.52. The Labute approximate surface area is 199 Å². The highest BCUT2D eigenvalue weighted by atomic mass is 16.5. The maximum Gasteiger partial charge on any atom is 0.248 e. The molecule has 3 rings (SSSR count). The molecule has 0 heterocycles. The van der Waals surface area contributed by atoms with Crippen LogP contribution in [-0.2, 0) is 4.79 Å². The summed E-state index contributed by atoms with van der Waals surface area (Å²) in [5.74, 6) is 0.911. The highest BCUT2D eigenvalue weighted by Crippen LogP contribution is 2.27. The van der Waals surface area contributed by atoms with Crippen LogP contribution in [0.2, 0.25) is 0 Å². The number of hydrogen-bond acceptors (Lipinski definition) is 6. The predicted molar refractivity (Wildman–Crippen MR) is 133 cm³/mol. The fourth-order valence-electron chi connectivity index (χ4n) is 3.36. The molecule has 0 aromatic heterocycles. The van der Waals surface area contributed by atoms with Crippen molar-refractivity contribution in [3.63, 3.8) is 0 Å². The number of anilines is 2. The van der Waals surface area contributed by atoms with E-state index in [9.17, 15) is 9.90 Å². The number of amides is 1. The van der Waals surface area contributed by atoms with Gasteiger partial charge in [-0.25, -0.2) is 0 Å². The number of carbonyl (C=O) groups excluding carboxylic acids is 1. The molecule has 7 heteroatoms. The van der Waals surface area contributed by atoms with Gasteiger partial charge < -0.3 is 30.7 Å². The highest BCUT2D eigenvalue weighted by molar-refractivity contribution is 6.01. The Morgan fingerprint density at radius 3 is 2.50 bits per heavy atom. The van der Waals surface area contributed by atoms with Gasteiger partial charge in [0.1, 0.15) is 30.3 Å². The maximum atomic E-state index is 12.2. The average molecular weight is 463 g/mol. The van der Waals surface area contributed by atoms with Crippen LogP contribution < -0.4 is 20.5 Å². The second-order valence-electron chi connectivity index (χ2n) is 7.61. The summed E-state index contributed by atoms with van der Waals surface area (Å²) < 4.78 is 11.5. The van der Waals surface area contributed by atoms with Crippen LogP contribution >= 0.6 is 0 Å². The van der Waals surface area contributed by atoms with E-state index in [-0.39, 0.29) is 19.1 Å². The summed E-state index contributed by atoms with van der Waals surface area (Å²) in [5.41, 5.74) is 7.55. The van der Waals surface area contributed by atoms with Gasteiger partial charge in [-0.2, -0.15) is 0 Å². The van der Waals surface area contributed by atoms with E-state index in [4.69, 9.17) is 20.3 Å². The zero-order chi connectivity index (χ0) is 24.2. The van der Waals surface area contributed by atoms with Gasteiger partial charge >= 0.3 is 0 Å². The van der Waals surface area contributed by atoms with Crippen molar-refractivity contribution in [3.05, 3.63) is 96.6 Å². The van der Waals surface area contributed by atoms with E-state index in [1.54, 1.807) is 54.6 Å². The molecule has 34 heavy (non-hydrogen) atoms. The number of nitrogens with one attached hydrogen (secondary N) is 1. The van der Waals surface area contributed by atoms with Crippen molar-refractivity contribution in [2.24, 2.45) is 0 Å². The molecule has 0 spiro atoms. The zero-order valence-electron chi connectivity index (χ0n) is 18.8. The Morgan fingerprint density at radius 2 is 1.74 bits per heavy atom. The lowest BCUT2D eigenvalue weighted by molar-refractivity contribution is -0.111. The van der Waals surface area contributed by atoms with E-state index >= 15 is 0 Å². The normalized spacial score (nSPS) is 12.8. The molecule has 0 aliphatic heterocycles. The van der Waals surface area contributed by atoms with E-state index in [0.29, 0.717) is 41.3 Å². The fourth-order valence-corrected chi connectivity index (χ4v) is 3.36. The number of aliphatic hydroxyl groups is 2. The van der Waals surface area contributed by atoms with Crippen LogP contribution in [0.15, 0.2) is 91.0 Å². The van der Waals surface area contributed by atoms with Gasteiger partial charge in [0, 0.05) is 0 Å². The van der Waals surface area contributed by atoms with Gasteiger partial charge in [0.15, 0.2) is 0 Å². The van der Waals surface area contributed by atoms with Gasteiger partial charge in [-0.3, -0.25) is 4.79 Å². The smallest absolute Gasteiger partial charge is 0.248 e. The maximum absolute atomic E-state index is 12.2. The highest BCUT2D eigenvalue weighted by Gasteiger charge is 2.23. The molecule has 2 atom stereocenters. The molecule has 7 nitrogen and oxygen atoms in total. The van der Waals surface area contributed by atoms with Crippen LogP contribution in [-0.4, -0.2) is 35.4 Å². The Bertz CT molecular complexity index is 1070. The number of ether oxygens (including phenoxy) is 2. The average Bonchev–Trinajstić information content (AvgIpc) is 2.86. The lowest BCUT2D eigenvalue weighted by Gasteiger charge is -2.24. The largest absolute Gasteiger partial charge is 0.491 e. The number of hydrogen-bond donors (Lipinski definition) is 4. The van der Waals surface area contributed by atoms with Crippen molar-refractivity contribution in [3.8, 4) is 11.5 Å². The number of carbonyl (C=O) groups is 1. The first-order chi connectivity index (χ1) is 16.6. The SMILES string of the molecule is Nc1ccccc1NC(=O)/C=C/CC[C@H](Oc1ccccc1)[C@@H](O)c1cccc(OCCO)c1. The van der Waals surface area contributed by atoms with Gasteiger partial charge in [-0.1, -0.05) is 48.5 Å². The quantitative estimate of drug-likeness (QED) is 0.238. The molecule has 0 bridgehead atoms. The molecule has 3 aromatic rings. The third kappa shape index (κ3) is 7.65. The summed E-state index contributed by atoms with van der Waals surface area (Å²) >= 11 is 0. The van der Waals surface area contributed by atoms with Crippen LogP contribution in [0.3, 0.4) is 0 Å². The third-order valence-electron chi connectivity index (χ3n) is 5.05. The minimum atomic E-state index is -0.927. The van der Waals surface area contributed by atoms with Gasteiger partial charge in [-0.15, -0.1) is 0 Å². The van der Waals surface area contributed by atoms with E-state index in [1.807, 2.05) is 30.3 Å². The van der Waals surface area contributed by atoms with E-state index in [0.717, 1.165) is 0 Å². The van der Waals surface area contributed by atoms with Crippen molar-refractivity contribution in [1.29, 1.82) is 0 Å². The number of nitrogens with two attached hydrogens (primary N) is 1. The number of allylic oxidation sites excluding steroid dienone is 1. The molecule has 0 saturated carbocycles. The third-order valence-corrected chi connectivity index (χ3v) is 5.05. The molecule has 3 aromatic carbocycles. The lowest BCUT2D eigenvalue weighted by atomic mass is 10.00. The minimum Gasteiger partial charge on any atom is -0.491 e. The van der Waals surface area contributed by atoms with E-state index < -0.39 is 12.2 Å². The van der Waals surface area contributed by atoms with Gasteiger partial charge in [0.25, 0.3) is 0 Å². The summed E-state index contributed by atoms with van der Waals surface area (Å²) in [4.78, 5) is 12.2. The lowest BCUT2D eigenvalue weighted by Crippen LogP contribution is -2.25. The van der Waals surface area contributed by atoms with Crippen molar-refractivity contribution in [2.75, 3.05) is 24.3 Å². The van der Waals surface area contributed by atoms with Crippen LogP contribution in [0.1, 0.15) is 24.5 Å². The number of benzene rings is 3. The number of para-hydroxylation sites is 3. The van der Waals surface area contributed by atoms with Crippen molar-refractivity contribution < 1.29 is 24.5 Å². The summed E-state index contributed by atoms with van der Waals surface area (Å²) in [6.07, 6.45) is 2.67. The molecule has 0 saturated heterocycles. The molecule has 0 aliphatic carbocycles. The van der Waals surface area contributed by atoms with Crippen LogP contribution in [0.4, 0.5) is 11.4 Å². The van der Waals surface area contributed by atoms with Crippen molar-refractivity contribution >= 4 is 17.3 Å². The molecule has 178 valence electrons. The standard InChI is InChI=1S/C27H30N2O5/c28-23-13-4-5-14-24(23)29-26(31)16-7-6-15-25(34-21-10-2-1-3-11-21)27(32)20-9-8-12-22(19-20)33-18-17-30/h1-5,7-14,16,19,25,27,30,32H,6,15,17-18,28H2,(H,29,31)/b16-7+/t25-,27-/m0/s1. The van der Waals surface area contributed by atoms with Gasteiger partial charge in [0.05, 0.1) is 18.0 Å². The molecular formula is C27H30N2O5. The zero-order valence-corrected chi connectivity index (χ0v) is 18.8. The molecular weight excluding hydrogens is 432 g/mol. The van der Waals surface area contributed by atoms with Crippen LogP contribution in [0.5, 0.6) is 11.5 Å². The van der Waals surface area contributed by atoms with Gasteiger partial charge in [-0.05, 0) is 60.9 Å². The number of rotatable bonds is 12.